The minimum absolute atomic E-state index is 0.165. The lowest BCUT2D eigenvalue weighted by Crippen LogP contribution is -2.51. The molecule has 4 aliphatic heterocycles. The summed E-state index contributed by atoms with van der Waals surface area (Å²) in [5, 5.41) is 4.27. The number of hydrogen-bond acceptors (Lipinski definition) is 7. The quantitative estimate of drug-likeness (QED) is 0.498. The molecule has 8 rings (SSSR count). The molecule has 3 aromatic rings. The van der Waals surface area contributed by atoms with Gasteiger partial charge in [-0.05, 0) is 56.6 Å². The molecule has 2 bridgehead atoms. The standard InChI is InChI=1S/C30H34F2N6O/c31-19-12-30(10-3-11-38(30)14-19)17-39-29-35-27-24(28(36-29)37-15-20-8-9-21(16-37)34-20)13-33-26(25(27)32)23-5-2-1-4-22(23)18-6-7-18/h1-2,4-5,13,18-21,34H,3,6-12,14-17H2/t19-,20?,21?,30?/m1/s1. The highest BCUT2D eigenvalue weighted by Gasteiger charge is 2.49. The molecule has 6 heterocycles. The molecular formula is C30H34F2N6O. The maximum atomic E-state index is 16.4. The number of nitrogens with one attached hydrogen (secondary N) is 1. The summed E-state index contributed by atoms with van der Waals surface area (Å²) in [6.07, 6.45) is 7.81. The number of nitrogens with zero attached hydrogens (tertiary/aromatic N) is 5. The first-order valence-electron chi connectivity index (χ1n) is 14.5. The van der Waals surface area contributed by atoms with Crippen LogP contribution < -0.4 is 15.0 Å². The topological polar surface area (TPSA) is 66.4 Å². The Balaban J connectivity index is 1.21. The van der Waals surface area contributed by atoms with E-state index in [4.69, 9.17) is 9.72 Å². The molecule has 0 spiro atoms. The number of rotatable bonds is 6. The van der Waals surface area contributed by atoms with Crippen molar-refractivity contribution in [3.8, 4) is 17.3 Å². The summed E-state index contributed by atoms with van der Waals surface area (Å²) in [4.78, 5) is 18.6. The lowest BCUT2D eigenvalue weighted by Gasteiger charge is -2.34. The van der Waals surface area contributed by atoms with Gasteiger partial charge in [0.25, 0.3) is 0 Å². The number of pyridine rings is 1. The normalized spacial score (nSPS) is 30.3. The van der Waals surface area contributed by atoms with Crippen LogP contribution in [0.15, 0.2) is 30.5 Å². The van der Waals surface area contributed by atoms with Gasteiger partial charge in [-0.3, -0.25) is 9.88 Å². The van der Waals surface area contributed by atoms with E-state index in [1.54, 1.807) is 6.20 Å². The highest BCUT2D eigenvalue weighted by Crippen LogP contribution is 2.45. The van der Waals surface area contributed by atoms with Gasteiger partial charge >= 0.3 is 6.01 Å². The summed E-state index contributed by atoms with van der Waals surface area (Å²) in [6.45, 7) is 3.27. The van der Waals surface area contributed by atoms with E-state index in [0.717, 1.165) is 69.3 Å². The largest absolute Gasteiger partial charge is 0.461 e. The molecule has 4 saturated heterocycles. The van der Waals surface area contributed by atoms with Crippen LogP contribution in [-0.2, 0) is 0 Å². The van der Waals surface area contributed by atoms with Crippen LogP contribution in [0.3, 0.4) is 0 Å². The number of piperazine rings is 1. The molecule has 1 N–H and O–H groups in total. The van der Waals surface area contributed by atoms with Crippen LogP contribution in [0.2, 0.25) is 0 Å². The van der Waals surface area contributed by atoms with Gasteiger partial charge in [-0.2, -0.15) is 9.97 Å². The molecule has 5 aliphatic rings. The lowest BCUT2D eigenvalue weighted by atomic mass is 9.95. The van der Waals surface area contributed by atoms with Gasteiger partial charge < -0.3 is 15.0 Å². The molecule has 204 valence electrons. The first-order chi connectivity index (χ1) is 19.1. The Bertz CT molecular complexity index is 1420. The Labute approximate surface area is 227 Å². The zero-order chi connectivity index (χ0) is 26.1. The smallest absolute Gasteiger partial charge is 0.319 e. The minimum Gasteiger partial charge on any atom is -0.461 e. The van der Waals surface area contributed by atoms with E-state index < -0.39 is 12.0 Å². The van der Waals surface area contributed by atoms with Crippen LogP contribution in [-0.4, -0.2) is 76.4 Å². The molecule has 1 saturated carbocycles. The van der Waals surface area contributed by atoms with E-state index in [9.17, 15) is 4.39 Å². The van der Waals surface area contributed by atoms with Crippen LogP contribution in [0.1, 0.15) is 56.4 Å². The molecule has 2 aromatic heterocycles. The SMILES string of the molecule is Fc1c(-c2ccccc2C2CC2)ncc2c(N3CC4CCC(C3)N4)nc(OCC34CCCN3C[C@H](F)C4)nc12. The number of fused-ring (bicyclic) bond motifs is 4. The summed E-state index contributed by atoms with van der Waals surface area (Å²) in [5.41, 5.74) is 2.24. The second kappa shape index (κ2) is 9.06. The van der Waals surface area contributed by atoms with Gasteiger partial charge in [0.1, 0.15) is 29.8 Å². The molecule has 7 nitrogen and oxygen atoms in total. The van der Waals surface area contributed by atoms with Gasteiger partial charge in [0, 0.05) is 49.9 Å². The second-order valence-corrected chi connectivity index (χ2v) is 12.3. The number of benzene rings is 1. The molecule has 9 heteroatoms. The molecule has 0 radical (unpaired) electrons. The molecule has 3 unspecified atom stereocenters. The van der Waals surface area contributed by atoms with Crippen molar-refractivity contribution in [2.75, 3.05) is 37.7 Å². The summed E-state index contributed by atoms with van der Waals surface area (Å²) in [5.74, 6) is 0.712. The van der Waals surface area contributed by atoms with Crippen molar-refractivity contribution in [1.29, 1.82) is 0 Å². The summed E-state index contributed by atoms with van der Waals surface area (Å²) in [6, 6.07) is 8.95. The Morgan fingerprint density at radius 2 is 1.87 bits per heavy atom. The highest BCUT2D eigenvalue weighted by atomic mass is 19.1. The van der Waals surface area contributed by atoms with Crippen molar-refractivity contribution in [2.45, 2.75) is 74.7 Å². The molecule has 4 atom stereocenters. The van der Waals surface area contributed by atoms with Gasteiger partial charge in [0.2, 0.25) is 0 Å². The number of hydrogen-bond donors (Lipinski definition) is 1. The van der Waals surface area contributed by atoms with Gasteiger partial charge in [-0.15, -0.1) is 0 Å². The first-order valence-corrected chi connectivity index (χ1v) is 14.5. The fraction of sp³-hybridized carbons (Fsp3) is 0.567. The maximum absolute atomic E-state index is 16.4. The Kier molecular flexibility index (Phi) is 5.56. The van der Waals surface area contributed by atoms with Crippen molar-refractivity contribution in [1.82, 2.24) is 25.2 Å². The average molecular weight is 533 g/mol. The average Bonchev–Trinajstić information content (AvgIpc) is 3.54. The Hall–Kier alpha value is -2.91. The minimum atomic E-state index is -0.837. The van der Waals surface area contributed by atoms with Crippen molar-refractivity contribution in [3.05, 3.63) is 41.8 Å². The number of alkyl halides is 1. The van der Waals surface area contributed by atoms with Crippen LogP contribution in [0.5, 0.6) is 6.01 Å². The molecule has 39 heavy (non-hydrogen) atoms. The fourth-order valence-electron chi connectivity index (χ4n) is 7.60. The van der Waals surface area contributed by atoms with Crippen molar-refractivity contribution < 1.29 is 13.5 Å². The Morgan fingerprint density at radius 1 is 1.05 bits per heavy atom. The molecule has 1 aliphatic carbocycles. The van der Waals surface area contributed by atoms with E-state index in [2.05, 4.69) is 31.2 Å². The van der Waals surface area contributed by atoms with Gasteiger partial charge in [0.15, 0.2) is 5.82 Å². The molecule has 0 amide bonds. The second-order valence-electron chi connectivity index (χ2n) is 12.3. The van der Waals surface area contributed by atoms with Crippen molar-refractivity contribution in [3.63, 3.8) is 0 Å². The summed E-state index contributed by atoms with van der Waals surface area (Å²) in [7, 11) is 0. The molecule has 5 fully saturated rings. The Morgan fingerprint density at radius 3 is 2.69 bits per heavy atom. The van der Waals surface area contributed by atoms with Gasteiger partial charge in [-0.25, -0.2) is 8.78 Å². The number of anilines is 1. The summed E-state index contributed by atoms with van der Waals surface area (Å²) >= 11 is 0. The lowest BCUT2D eigenvalue weighted by molar-refractivity contribution is 0.107. The van der Waals surface area contributed by atoms with E-state index in [-0.39, 0.29) is 17.1 Å². The third-order valence-corrected chi connectivity index (χ3v) is 9.62. The predicted octanol–water partition coefficient (Wildman–Crippen LogP) is 4.60. The van der Waals surface area contributed by atoms with Crippen LogP contribution in [0.4, 0.5) is 14.6 Å². The zero-order valence-corrected chi connectivity index (χ0v) is 22.1. The number of aromatic nitrogens is 3. The maximum Gasteiger partial charge on any atom is 0.319 e. The van der Waals surface area contributed by atoms with E-state index in [1.807, 2.05) is 18.2 Å². The monoisotopic (exact) mass is 532 g/mol. The van der Waals surface area contributed by atoms with Crippen LogP contribution in [0.25, 0.3) is 22.2 Å². The summed E-state index contributed by atoms with van der Waals surface area (Å²) < 4.78 is 37.0. The first kappa shape index (κ1) is 23.9. The van der Waals surface area contributed by atoms with Crippen LogP contribution in [0, 0.1) is 5.82 Å². The third kappa shape index (κ3) is 4.08. The third-order valence-electron chi connectivity index (χ3n) is 9.62. The van der Waals surface area contributed by atoms with Gasteiger partial charge in [-0.1, -0.05) is 24.3 Å². The number of halogens is 2. The van der Waals surface area contributed by atoms with E-state index in [0.29, 0.717) is 54.5 Å². The van der Waals surface area contributed by atoms with Gasteiger partial charge in [0.05, 0.1) is 10.9 Å². The van der Waals surface area contributed by atoms with E-state index in [1.165, 1.54) is 0 Å². The molecular weight excluding hydrogens is 498 g/mol. The zero-order valence-electron chi connectivity index (χ0n) is 22.1. The van der Waals surface area contributed by atoms with Crippen molar-refractivity contribution >= 4 is 16.7 Å². The van der Waals surface area contributed by atoms with E-state index >= 15 is 4.39 Å². The number of ether oxygens (including phenoxy) is 1. The molecule has 1 aromatic carbocycles. The predicted molar refractivity (Wildman–Crippen MR) is 145 cm³/mol. The van der Waals surface area contributed by atoms with Crippen LogP contribution >= 0.6 is 0 Å². The van der Waals surface area contributed by atoms with Crippen molar-refractivity contribution in [2.24, 2.45) is 0 Å². The highest BCUT2D eigenvalue weighted by molar-refractivity contribution is 5.92. The fourth-order valence-corrected chi connectivity index (χ4v) is 7.60.